The van der Waals surface area contributed by atoms with Crippen molar-refractivity contribution in [1.29, 1.82) is 0 Å². The number of rotatable bonds is 7. The predicted octanol–water partition coefficient (Wildman–Crippen LogP) is 0.813. The Morgan fingerprint density at radius 2 is 2.21 bits per heavy atom. The summed E-state index contributed by atoms with van der Waals surface area (Å²) in [5.74, 6) is -2.04. The Morgan fingerprint density at radius 1 is 1.47 bits per heavy atom. The minimum Gasteiger partial charge on any atom is -0.480 e. The van der Waals surface area contributed by atoms with E-state index < -0.39 is 18.0 Å². The first-order chi connectivity index (χ1) is 9.02. The van der Waals surface area contributed by atoms with Crippen LogP contribution in [0.4, 0.5) is 0 Å². The Kier molecular flexibility index (Phi) is 6.01. The van der Waals surface area contributed by atoms with Gasteiger partial charge in [0.2, 0.25) is 5.91 Å². The van der Waals surface area contributed by atoms with E-state index in [9.17, 15) is 14.4 Å². The highest BCUT2D eigenvalue weighted by molar-refractivity contribution is 7.10. The van der Waals surface area contributed by atoms with Gasteiger partial charge in [0, 0.05) is 11.3 Å². The Morgan fingerprint density at radius 3 is 2.74 bits per heavy atom. The molecular weight excluding hydrogens is 270 g/mol. The quantitative estimate of drug-likeness (QED) is 0.723. The molecule has 0 bridgehead atoms. The van der Waals surface area contributed by atoms with Crippen molar-refractivity contribution in [2.24, 2.45) is 0 Å². The van der Waals surface area contributed by atoms with Gasteiger partial charge in [-0.25, -0.2) is 4.79 Å². The number of carboxylic acid groups (broad SMARTS) is 1. The maximum atomic E-state index is 11.7. The second-order valence-corrected chi connectivity index (χ2v) is 4.86. The lowest BCUT2D eigenvalue weighted by Gasteiger charge is -2.13. The summed E-state index contributed by atoms with van der Waals surface area (Å²) in [6.45, 7) is 0. The molecule has 0 aliphatic rings. The first kappa shape index (κ1) is 15.2. The number of carbonyl (C=O) groups excluding carboxylic acids is 2. The van der Waals surface area contributed by atoms with Gasteiger partial charge in [-0.1, -0.05) is 6.07 Å². The van der Waals surface area contributed by atoms with Gasteiger partial charge in [0.25, 0.3) is 0 Å². The smallest absolute Gasteiger partial charge is 0.326 e. The highest BCUT2D eigenvalue weighted by Gasteiger charge is 2.21. The minimum atomic E-state index is -1.16. The summed E-state index contributed by atoms with van der Waals surface area (Å²) in [7, 11) is 1.23. The SMILES string of the molecule is COC(=O)CC[C@H](NC(=O)Cc1cccs1)C(=O)O. The molecule has 1 rings (SSSR count). The van der Waals surface area contributed by atoms with Crippen molar-refractivity contribution >= 4 is 29.2 Å². The summed E-state index contributed by atoms with van der Waals surface area (Å²) < 4.78 is 4.43. The average molecular weight is 285 g/mol. The number of esters is 1. The van der Waals surface area contributed by atoms with E-state index in [0.29, 0.717) is 0 Å². The molecule has 0 fully saturated rings. The first-order valence-corrected chi connectivity index (χ1v) is 6.52. The summed E-state index contributed by atoms with van der Waals surface area (Å²) in [4.78, 5) is 34.4. The number of nitrogens with one attached hydrogen (secondary N) is 1. The molecule has 0 radical (unpaired) electrons. The van der Waals surface area contributed by atoms with Gasteiger partial charge in [0.15, 0.2) is 0 Å². The molecule has 1 aromatic rings. The van der Waals surface area contributed by atoms with Crippen LogP contribution in [0.1, 0.15) is 17.7 Å². The summed E-state index contributed by atoms with van der Waals surface area (Å²) in [6, 6.07) is 2.54. The molecule has 1 heterocycles. The minimum absolute atomic E-state index is 0.0121. The molecule has 0 spiro atoms. The number of aliphatic carboxylic acids is 1. The Hall–Kier alpha value is -1.89. The third-order valence-corrected chi connectivity index (χ3v) is 3.29. The van der Waals surface area contributed by atoms with Crippen molar-refractivity contribution < 1.29 is 24.2 Å². The maximum Gasteiger partial charge on any atom is 0.326 e. The third kappa shape index (κ3) is 5.52. The predicted molar refractivity (Wildman–Crippen MR) is 68.8 cm³/mol. The molecule has 0 unspecified atom stereocenters. The number of hydrogen-bond acceptors (Lipinski definition) is 5. The van der Waals surface area contributed by atoms with Crippen LogP contribution in [0.2, 0.25) is 0 Å². The normalized spacial score (nSPS) is 11.6. The molecule has 1 atom stereocenters. The fraction of sp³-hybridized carbons (Fsp3) is 0.417. The second-order valence-electron chi connectivity index (χ2n) is 3.83. The van der Waals surface area contributed by atoms with E-state index >= 15 is 0 Å². The van der Waals surface area contributed by atoms with Crippen molar-refractivity contribution in [2.75, 3.05) is 7.11 Å². The van der Waals surface area contributed by atoms with Crippen LogP contribution in [0.25, 0.3) is 0 Å². The molecule has 19 heavy (non-hydrogen) atoms. The van der Waals surface area contributed by atoms with Crippen molar-refractivity contribution in [2.45, 2.75) is 25.3 Å². The number of carboxylic acids is 1. The van der Waals surface area contributed by atoms with E-state index in [-0.39, 0.29) is 25.2 Å². The van der Waals surface area contributed by atoms with E-state index in [1.807, 2.05) is 11.4 Å². The van der Waals surface area contributed by atoms with Gasteiger partial charge in [-0.15, -0.1) is 11.3 Å². The van der Waals surface area contributed by atoms with Crippen LogP contribution in [0.3, 0.4) is 0 Å². The van der Waals surface area contributed by atoms with Crippen molar-refractivity contribution in [3.8, 4) is 0 Å². The van der Waals surface area contributed by atoms with Crippen molar-refractivity contribution in [3.05, 3.63) is 22.4 Å². The van der Waals surface area contributed by atoms with Crippen molar-refractivity contribution in [1.82, 2.24) is 5.32 Å². The number of ether oxygens (including phenoxy) is 1. The lowest BCUT2D eigenvalue weighted by molar-refractivity contribution is -0.144. The molecule has 0 aromatic carbocycles. The van der Waals surface area contributed by atoms with E-state index in [2.05, 4.69) is 10.1 Å². The van der Waals surface area contributed by atoms with Gasteiger partial charge in [0.1, 0.15) is 6.04 Å². The van der Waals surface area contributed by atoms with Gasteiger partial charge in [-0.2, -0.15) is 0 Å². The van der Waals surface area contributed by atoms with Crippen LogP contribution in [0.15, 0.2) is 17.5 Å². The molecule has 1 amide bonds. The largest absolute Gasteiger partial charge is 0.480 e. The fourth-order valence-electron chi connectivity index (χ4n) is 1.44. The Balaban J connectivity index is 2.46. The zero-order chi connectivity index (χ0) is 14.3. The van der Waals surface area contributed by atoms with Crippen LogP contribution in [-0.2, 0) is 25.5 Å². The molecular formula is C12H15NO5S. The van der Waals surface area contributed by atoms with E-state index in [4.69, 9.17) is 5.11 Å². The zero-order valence-electron chi connectivity index (χ0n) is 10.4. The van der Waals surface area contributed by atoms with Crippen LogP contribution in [0.5, 0.6) is 0 Å². The number of hydrogen-bond donors (Lipinski definition) is 2. The van der Waals surface area contributed by atoms with Crippen LogP contribution < -0.4 is 5.32 Å². The van der Waals surface area contributed by atoms with E-state index in [0.717, 1.165) is 4.88 Å². The third-order valence-electron chi connectivity index (χ3n) is 2.41. The number of thiophene rings is 1. The highest BCUT2D eigenvalue weighted by Crippen LogP contribution is 2.09. The topological polar surface area (TPSA) is 92.7 Å². The molecule has 0 saturated heterocycles. The molecule has 0 aliphatic heterocycles. The first-order valence-electron chi connectivity index (χ1n) is 5.64. The molecule has 7 heteroatoms. The zero-order valence-corrected chi connectivity index (χ0v) is 11.2. The molecule has 2 N–H and O–H groups in total. The fourth-order valence-corrected chi connectivity index (χ4v) is 2.14. The number of amides is 1. The lowest BCUT2D eigenvalue weighted by atomic mass is 10.1. The molecule has 104 valence electrons. The van der Waals surface area contributed by atoms with Gasteiger partial charge < -0.3 is 15.2 Å². The summed E-state index contributed by atoms with van der Waals surface area (Å²) in [6.07, 6.45) is 0.102. The highest BCUT2D eigenvalue weighted by atomic mass is 32.1. The van der Waals surface area contributed by atoms with Gasteiger partial charge in [-0.05, 0) is 17.9 Å². The molecule has 1 aromatic heterocycles. The van der Waals surface area contributed by atoms with E-state index in [1.165, 1.54) is 18.4 Å². The van der Waals surface area contributed by atoms with Crippen molar-refractivity contribution in [3.63, 3.8) is 0 Å². The Labute approximate surface area is 114 Å². The molecule has 6 nitrogen and oxygen atoms in total. The number of carbonyl (C=O) groups is 3. The number of methoxy groups -OCH3 is 1. The van der Waals surface area contributed by atoms with Crippen LogP contribution in [-0.4, -0.2) is 36.1 Å². The van der Waals surface area contributed by atoms with Gasteiger partial charge in [0.05, 0.1) is 13.5 Å². The van der Waals surface area contributed by atoms with Gasteiger partial charge >= 0.3 is 11.9 Å². The summed E-state index contributed by atoms with van der Waals surface area (Å²) in [5.41, 5.74) is 0. The molecule has 0 saturated carbocycles. The average Bonchev–Trinajstić information content (AvgIpc) is 2.86. The van der Waals surface area contributed by atoms with Gasteiger partial charge in [-0.3, -0.25) is 9.59 Å². The monoisotopic (exact) mass is 285 g/mol. The van der Waals surface area contributed by atoms with Crippen LogP contribution >= 0.6 is 11.3 Å². The Bertz CT molecular complexity index is 443. The lowest BCUT2D eigenvalue weighted by Crippen LogP contribution is -2.41. The van der Waals surface area contributed by atoms with E-state index in [1.54, 1.807) is 6.07 Å². The molecule has 0 aliphatic carbocycles. The second kappa shape index (κ2) is 7.52. The summed E-state index contributed by atoms with van der Waals surface area (Å²) in [5, 5.41) is 13.2. The standard InChI is InChI=1S/C12H15NO5S/c1-18-11(15)5-4-9(12(16)17)13-10(14)7-8-3-2-6-19-8/h2-3,6,9H,4-5,7H2,1H3,(H,13,14)(H,16,17)/t9-/m0/s1. The summed E-state index contributed by atoms with van der Waals surface area (Å²) >= 11 is 1.43. The maximum absolute atomic E-state index is 11.7. The van der Waals surface area contributed by atoms with Crippen LogP contribution in [0, 0.1) is 0 Å².